The van der Waals surface area contributed by atoms with Gasteiger partial charge in [0.25, 0.3) is 0 Å². The van der Waals surface area contributed by atoms with E-state index in [1.807, 2.05) is 24.3 Å². The molecule has 0 aliphatic heterocycles. The van der Waals surface area contributed by atoms with Crippen LogP contribution in [-0.2, 0) is 12.7 Å². The van der Waals surface area contributed by atoms with Crippen molar-refractivity contribution in [3.8, 4) is 11.4 Å². The maximum Gasteiger partial charge on any atom is 0.427 e. The number of rotatable bonds is 5. The molecule has 3 rings (SSSR count). The summed E-state index contributed by atoms with van der Waals surface area (Å²) in [5.74, 6) is 0.747. The predicted molar refractivity (Wildman–Crippen MR) is 84.6 cm³/mol. The van der Waals surface area contributed by atoms with Crippen molar-refractivity contribution in [2.75, 3.05) is 12.4 Å². The Morgan fingerprint density at radius 2 is 1.96 bits per heavy atom. The van der Waals surface area contributed by atoms with E-state index in [9.17, 15) is 13.2 Å². The zero-order valence-corrected chi connectivity index (χ0v) is 13.4. The molecule has 0 aliphatic rings. The van der Waals surface area contributed by atoms with Gasteiger partial charge in [0.1, 0.15) is 10.6 Å². The van der Waals surface area contributed by atoms with Crippen molar-refractivity contribution in [2.45, 2.75) is 12.7 Å². The van der Waals surface area contributed by atoms with Gasteiger partial charge in [-0.3, -0.25) is 0 Å². The highest BCUT2D eigenvalue weighted by Crippen LogP contribution is 2.35. The summed E-state index contributed by atoms with van der Waals surface area (Å²) in [5, 5.41) is 7.43. The van der Waals surface area contributed by atoms with E-state index in [1.54, 1.807) is 24.1 Å². The average molecular weight is 354 g/mol. The van der Waals surface area contributed by atoms with Gasteiger partial charge in [0.2, 0.25) is 0 Å². The fourth-order valence-electron chi connectivity index (χ4n) is 1.99. The molecule has 0 atom stereocenters. The Labute approximate surface area is 139 Å². The van der Waals surface area contributed by atoms with Crippen molar-refractivity contribution in [3.05, 3.63) is 53.3 Å². The SMILES string of the molecule is COc1ccc(-n2ccc(CNc3ncc(C(F)(F)F)s3)n2)cc1. The van der Waals surface area contributed by atoms with Gasteiger partial charge in [-0.1, -0.05) is 11.3 Å². The number of hydrogen-bond donors (Lipinski definition) is 1. The maximum absolute atomic E-state index is 12.5. The Morgan fingerprint density at radius 1 is 1.21 bits per heavy atom. The van der Waals surface area contributed by atoms with E-state index in [0.29, 0.717) is 17.0 Å². The van der Waals surface area contributed by atoms with Crippen molar-refractivity contribution in [1.82, 2.24) is 14.8 Å². The van der Waals surface area contributed by atoms with E-state index in [0.717, 1.165) is 17.6 Å². The number of halogens is 3. The van der Waals surface area contributed by atoms with Gasteiger partial charge < -0.3 is 10.1 Å². The predicted octanol–water partition coefficient (Wildman–Crippen LogP) is 3.97. The quantitative estimate of drug-likeness (QED) is 0.753. The number of benzene rings is 1. The molecule has 5 nitrogen and oxygen atoms in total. The van der Waals surface area contributed by atoms with E-state index < -0.39 is 11.1 Å². The van der Waals surface area contributed by atoms with Gasteiger partial charge in [0, 0.05) is 6.20 Å². The summed E-state index contributed by atoms with van der Waals surface area (Å²) in [6.07, 6.45) is -1.77. The Hall–Kier alpha value is -2.55. The second kappa shape index (κ2) is 6.52. The minimum atomic E-state index is -4.37. The molecule has 0 bridgehead atoms. The molecule has 9 heteroatoms. The highest BCUT2D eigenvalue weighted by atomic mass is 32.1. The van der Waals surface area contributed by atoms with Crippen molar-refractivity contribution < 1.29 is 17.9 Å². The first-order valence-corrected chi connectivity index (χ1v) is 7.73. The van der Waals surface area contributed by atoms with Crippen LogP contribution in [0.25, 0.3) is 5.69 Å². The smallest absolute Gasteiger partial charge is 0.427 e. The molecule has 0 fully saturated rings. The summed E-state index contributed by atoms with van der Waals surface area (Å²) in [7, 11) is 1.59. The topological polar surface area (TPSA) is 52.0 Å². The molecule has 24 heavy (non-hydrogen) atoms. The second-order valence-corrected chi connectivity index (χ2v) is 5.86. The van der Waals surface area contributed by atoms with Crippen LogP contribution in [-0.4, -0.2) is 21.9 Å². The molecule has 126 valence electrons. The lowest BCUT2D eigenvalue weighted by Crippen LogP contribution is -2.02. The van der Waals surface area contributed by atoms with Crippen LogP contribution in [0, 0.1) is 0 Å². The number of alkyl halides is 3. The van der Waals surface area contributed by atoms with Crippen LogP contribution in [0.5, 0.6) is 5.75 Å². The van der Waals surface area contributed by atoms with Crippen LogP contribution in [0.4, 0.5) is 18.3 Å². The Balaban J connectivity index is 1.64. The van der Waals surface area contributed by atoms with Crippen molar-refractivity contribution in [3.63, 3.8) is 0 Å². The normalized spacial score (nSPS) is 11.5. The van der Waals surface area contributed by atoms with Crippen molar-refractivity contribution in [2.24, 2.45) is 0 Å². The molecule has 1 aromatic carbocycles. The third-order valence-corrected chi connectivity index (χ3v) is 4.19. The molecule has 0 spiro atoms. The van der Waals surface area contributed by atoms with Gasteiger partial charge in [0.15, 0.2) is 5.13 Å². The number of thiazole rings is 1. The van der Waals surface area contributed by atoms with Crippen LogP contribution in [0.3, 0.4) is 0 Å². The number of anilines is 1. The summed E-state index contributed by atoms with van der Waals surface area (Å²) in [5.41, 5.74) is 1.55. The lowest BCUT2D eigenvalue weighted by Gasteiger charge is -2.03. The lowest BCUT2D eigenvalue weighted by molar-refractivity contribution is -0.134. The van der Waals surface area contributed by atoms with Crippen LogP contribution in [0.2, 0.25) is 0 Å². The molecule has 0 saturated heterocycles. The highest BCUT2D eigenvalue weighted by molar-refractivity contribution is 7.15. The number of aromatic nitrogens is 3. The van der Waals surface area contributed by atoms with Crippen LogP contribution >= 0.6 is 11.3 Å². The fraction of sp³-hybridized carbons (Fsp3) is 0.200. The summed E-state index contributed by atoms with van der Waals surface area (Å²) in [6, 6.07) is 9.15. The molecule has 0 aliphatic carbocycles. The van der Waals surface area contributed by atoms with E-state index in [1.165, 1.54) is 0 Å². The number of methoxy groups -OCH3 is 1. The monoisotopic (exact) mass is 354 g/mol. The third kappa shape index (κ3) is 3.67. The molecule has 0 unspecified atom stereocenters. The number of ether oxygens (including phenoxy) is 1. The first kappa shape index (κ1) is 16.3. The number of nitrogens with zero attached hydrogens (tertiary/aromatic N) is 3. The van der Waals surface area contributed by atoms with Gasteiger partial charge >= 0.3 is 6.18 Å². The fourth-order valence-corrected chi connectivity index (χ4v) is 2.67. The Morgan fingerprint density at radius 3 is 2.58 bits per heavy atom. The standard InChI is InChI=1S/C15H13F3N4OS/c1-23-12-4-2-11(3-5-12)22-7-6-10(21-22)8-19-14-20-9-13(24-14)15(16,17)18/h2-7,9H,8H2,1H3,(H,19,20). The van der Waals surface area contributed by atoms with Gasteiger partial charge in [-0.15, -0.1) is 0 Å². The summed E-state index contributed by atoms with van der Waals surface area (Å²) in [4.78, 5) is 2.99. The van der Waals surface area contributed by atoms with Crippen LogP contribution < -0.4 is 10.1 Å². The maximum atomic E-state index is 12.5. The first-order chi connectivity index (χ1) is 11.5. The molecule has 1 N–H and O–H groups in total. The highest BCUT2D eigenvalue weighted by Gasteiger charge is 2.33. The van der Waals surface area contributed by atoms with E-state index in [-0.39, 0.29) is 11.7 Å². The van der Waals surface area contributed by atoms with Gasteiger partial charge in [-0.25, -0.2) is 9.67 Å². The largest absolute Gasteiger partial charge is 0.497 e. The second-order valence-electron chi connectivity index (χ2n) is 4.83. The minimum Gasteiger partial charge on any atom is -0.497 e. The molecule has 0 amide bonds. The summed E-state index contributed by atoms with van der Waals surface area (Å²) >= 11 is 0.571. The zero-order valence-electron chi connectivity index (χ0n) is 12.5. The van der Waals surface area contributed by atoms with Gasteiger partial charge in [-0.2, -0.15) is 18.3 Å². The minimum absolute atomic E-state index is 0.210. The molecule has 2 heterocycles. The lowest BCUT2D eigenvalue weighted by atomic mass is 10.3. The first-order valence-electron chi connectivity index (χ1n) is 6.91. The molecule has 0 saturated carbocycles. The van der Waals surface area contributed by atoms with Crippen molar-refractivity contribution in [1.29, 1.82) is 0 Å². The molecule has 0 radical (unpaired) electrons. The molecular weight excluding hydrogens is 341 g/mol. The van der Waals surface area contributed by atoms with E-state index >= 15 is 0 Å². The Bertz CT molecular complexity index is 811. The Kier molecular flexibility index (Phi) is 4.43. The summed E-state index contributed by atoms with van der Waals surface area (Å²) < 4.78 is 44.4. The van der Waals surface area contributed by atoms with Gasteiger partial charge in [0.05, 0.1) is 31.2 Å². The molecular formula is C15H13F3N4OS. The zero-order chi connectivity index (χ0) is 17.2. The summed E-state index contributed by atoms with van der Waals surface area (Å²) in [6.45, 7) is 0.286. The van der Waals surface area contributed by atoms with Gasteiger partial charge in [-0.05, 0) is 30.3 Å². The number of hydrogen-bond acceptors (Lipinski definition) is 5. The molecule has 2 aromatic heterocycles. The number of nitrogens with one attached hydrogen (secondary N) is 1. The van der Waals surface area contributed by atoms with E-state index in [4.69, 9.17) is 4.74 Å². The van der Waals surface area contributed by atoms with Crippen molar-refractivity contribution >= 4 is 16.5 Å². The average Bonchev–Trinajstić information content (AvgIpc) is 3.22. The van der Waals surface area contributed by atoms with Crippen LogP contribution in [0.1, 0.15) is 10.6 Å². The van der Waals surface area contributed by atoms with E-state index in [2.05, 4.69) is 15.4 Å². The molecule has 3 aromatic rings. The third-order valence-electron chi connectivity index (χ3n) is 3.19. The van der Waals surface area contributed by atoms with Crippen LogP contribution in [0.15, 0.2) is 42.7 Å².